The molecule has 206 valence electrons. The molecule has 0 aliphatic heterocycles. The Morgan fingerprint density at radius 1 is 0.600 bits per heavy atom. The molecule has 0 fully saturated rings. The second-order valence-electron chi connectivity index (χ2n) is 9.41. The van der Waals surface area contributed by atoms with Crippen LogP contribution in [0.5, 0.6) is 23.0 Å². The van der Waals surface area contributed by atoms with Gasteiger partial charge in [-0.2, -0.15) is 0 Å². The van der Waals surface area contributed by atoms with Gasteiger partial charge in [-0.25, -0.2) is 0 Å². The van der Waals surface area contributed by atoms with Crippen LogP contribution in [-0.4, -0.2) is 35.9 Å². The number of benzene rings is 4. The van der Waals surface area contributed by atoms with Crippen molar-refractivity contribution in [2.45, 2.75) is 40.8 Å². The Kier molecular flexibility index (Phi) is 9.57. The van der Waals surface area contributed by atoms with Crippen LogP contribution in [0.2, 0.25) is 0 Å². The third kappa shape index (κ3) is 6.52. The third-order valence-corrected chi connectivity index (χ3v) is 6.61. The molecule has 0 saturated heterocycles. The number of phenols is 2. The van der Waals surface area contributed by atoms with Gasteiger partial charge in [0, 0.05) is 23.6 Å². The summed E-state index contributed by atoms with van der Waals surface area (Å²) in [6, 6.07) is 23.3. The van der Waals surface area contributed by atoms with E-state index in [0.717, 1.165) is 33.4 Å². The highest BCUT2D eigenvalue weighted by Crippen LogP contribution is 2.35. The van der Waals surface area contributed by atoms with Crippen molar-refractivity contribution < 1.29 is 19.7 Å². The van der Waals surface area contributed by atoms with Crippen LogP contribution < -0.4 is 9.47 Å². The topological polar surface area (TPSA) is 83.6 Å². The van der Waals surface area contributed by atoms with Crippen LogP contribution in [0.4, 0.5) is 0 Å². The minimum absolute atomic E-state index is 0.0921. The first kappa shape index (κ1) is 28.4. The van der Waals surface area contributed by atoms with Crippen molar-refractivity contribution in [3.8, 4) is 34.1 Å². The second-order valence-corrected chi connectivity index (χ2v) is 9.41. The SMILES string of the molecule is CCOc1cccc(C=NCc2cccc(C)c2-c2c(C)cccc2CN=Cc2cccc(OCC)c2O)c1O. The molecule has 0 saturated carbocycles. The highest BCUT2D eigenvalue weighted by atomic mass is 16.5. The average molecular weight is 537 g/mol. The Bertz CT molecular complexity index is 1410. The zero-order valence-electron chi connectivity index (χ0n) is 23.5. The second kappa shape index (κ2) is 13.5. The van der Waals surface area contributed by atoms with Gasteiger partial charge in [0.1, 0.15) is 0 Å². The quantitative estimate of drug-likeness (QED) is 0.195. The van der Waals surface area contributed by atoms with E-state index in [4.69, 9.17) is 9.47 Å². The molecule has 4 aromatic rings. The molecular formula is C34H36N2O4. The van der Waals surface area contributed by atoms with Gasteiger partial charge in [-0.05, 0) is 85.3 Å². The maximum absolute atomic E-state index is 10.5. The smallest absolute Gasteiger partial charge is 0.166 e. The van der Waals surface area contributed by atoms with Gasteiger partial charge in [-0.3, -0.25) is 9.98 Å². The van der Waals surface area contributed by atoms with Crippen LogP contribution >= 0.6 is 0 Å². The summed E-state index contributed by atoms with van der Waals surface area (Å²) >= 11 is 0. The van der Waals surface area contributed by atoms with E-state index >= 15 is 0 Å². The standard InChI is InChI=1S/C34H36N2O4/c1-5-39-29-17-9-15-27(33(29)37)21-35-19-25-13-7-11-23(3)31(25)32-24(4)12-8-14-26(32)20-36-22-28-16-10-18-30(34(28)38)40-6-2/h7-18,21-22,37-38H,5-6,19-20H2,1-4H3. The number of phenolic OH excluding ortho intramolecular Hbond substituents is 2. The van der Waals surface area contributed by atoms with Gasteiger partial charge in [-0.15, -0.1) is 0 Å². The van der Waals surface area contributed by atoms with Crippen LogP contribution in [0.1, 0.15) is 47.2 Å². The van der Waals surface area contributed by atoms with Crippen molar-refractivity contribution in [1.29, 1.82) is 0 Å². The molecular weight excluding hydrogens is 500 g/mol. The van der Waals surface area contributed by atoms with Gasteiger partial charge in [0.05, 0.1) is 26.3 Å². The number of aliphatic imine (C=N–C) groups is 2. The molecule has 0 aliphatic rings. The highest BCUT2D eigenvalue weighted by Gasteiger charge is 2.15. The Hall–Kier alpha value is -4.58. The molecule has 0 atom stereocenters. The van der Waals surface area contributed by atoms with Gasteiger partial charge in [0.2, 0.25) is 0 Å². The summed E-state index contributed by atoms with van der Waals surface area (Å²) in [6.45, 7) is 9.83. The number of hydrogen-bond donors (Lipinski definition) is 2. The van der Waals surface area contributed by atoms with E-state index in [9.17, 15) is 10.2 Å². The average Bonchev–Trinajstić information content (AvgIpc) is 2.94. The lowest BCUT2D eigenvalue weighted by molar-refractivity contribution is 0.318. The van der Waals surface area contributed by atoms with Crippen molar-refractivity contribution in [2.75, 3.05) is 13.2 Å². The molecule has 4 rings (SSSR count). The molecule has 6 heteroatoms. The largest absolute Gasteiger partial charge is 0.504 e. The number of rotatable bonds is 11. The van der Waals surface area contributed by atoms with Crippen molar-refractivity contribution in [1.82, 2.24) is 0 Å². The predicted octanol–water partition coefficient (Wildman–Crippen LogP) is 7.42. The minimum Gasteiger partial charge on any atom is -0.504 e. The zero-order valence-corrected chi connectivity index (χ0v) is 23.5. The summed E-state index contributed by atoms with van der Waals surface area (Å²) < 4.78 is 11.0. The van der Waals surface area contributed by atoms with Gasteiger partial charge < -0.3 is 19.7 Å². The minimum atomic E-state index is 0.0921. The number of hydrogen-bond acceptors (Lipinski definition) is 6. The van der Waals surface area contributed by atoms with Crippen LogP contribution in [0.25, 0.3) is 11.1 Å². The number of aromatic hydroxyl groups is 2. The van der Waals surface area contributed by atoms with Gasteiger partial charge >= 0.3 is 0 Å². The Morgan fingerprint density at radius 3 is 1.40 bits per heavy atom. The summed E-state index contributed by atoms with van der Waals surface area (Å²) in [5.74, 6) is 1.08. The Labute approximate surface area is 236 Å². The summed E-state index contributed by atoms with van der Waals surface area (Å²) in [5, 5.41) is 21.1. The molecule has 2 N–H and O–H groups in total. The molecule has 0 spiro atoms. The first-order chi connectivity index (χ1) is 19.4. The zero-order chi connectivity index (χ0) is 28.5. The monoisotopic (exact) mass is 536 g/mol. The lowest BCUT2D eigenvalue weighted by Gasteiger charge is -2.17. The summed E-state index contributed by atoms with van der Waals surface area (Å²) in [7, 11) is 0. The molecule has 0 aromatic heterocycles. The molecule has 0 aliphatic carbocycles. The first-order valence-electron chi connectivity index (χ1n) is 13.5. The number of aryl methyl sites for hydroxylation is 2. The summed E-state index contributed by atoms with van der Waals surface area (Å²) in [4.78, 5) is 9.37. The van der Waals surface area contributed by atoms with Gasteiger partial charge in [0.25, 0.3) is 0 Å². The number of para-hydroxylation sites is 2. The Balaban J connectivity index is 1.63. The van der Waals surface area contributed by atoms with Gasteiger partial charge in [0.15, 0.2) is 23.0 Å². The molecule has 4 aromatic carbocycles. The van der Waals surface area contributed by atoms with E-state index in [0.29, 0.717) is 48.9 Å². The molecule has 6 nitrogen and oxygen atoms in total. The van der Waals surface area contributed by atoms with E-state index in [1.165, 1.54) is 0 Å². The number of ether oxygens (including phenoxy) is 2. The summed E-state index contributed by atoms with van der Waals surface area (Å²) in [5.41, 5.74) is 7.96. The fourth-order valence-corrected chi connectivity index (χ4v) is 4.75. The molecule has 0 heterocycles. The van der Waals surface area contributed by atoms with Crippen LogP contribution in [0, 0.1) is 13.8 Å². The lowest BCUT2D eigenvalue weighted by atomic mass is 9.88. The van der Waals surface area contributed by atoms with Crippen LogP contribution in [0.3, 0.4) is 0 Å². The third-order valence-electron chi connectivity index (χ3n) is 6.61. The van der Waals surface area contributed by atoms with Crippen molar-refractivity contribution >= 4 is 12.4 Å². The van der Waals surface area contributed by atoms with Crippen molar-refractivity contribution in [3.63, 3.8) is 0 Å². The van der Waals surface area contributed by atoms with E-state index < -0.39 is 0 Å². The predicted molar refractivity (Wildman–Crippen MR) is 162 cm³/mol. The number of nitrogens with zero attached hydrogens (tertiary/aromatic N) is 2. The van der Waals surface area contributed by atoms with Crippen LogP contribution in [0.15, 0.2) is 82.8 Å². The maximum atomic E-state index is 10.5. The van der Waals surface area contributed by atoms with Crippen molar-refractivity contribution in [2.24, 2.45) is 9.98 Å². The molecule has 0 bridgehead atoms. The van der Waals surface area contributed by atoms with E-state index in [-0.39, 0.29) is 11.5 Å². The van der Waals surface area contributed by atoms with E-state index in [1.54, 1.807) is 24.6 Å². The fourth-order valence-electron chi connectivity index (χ4n) is 4.75. The summed E-state index contributed by atoms with van der Waals surface area (Å²) in [6.07, 6.45) is 3.38. The van der Waals surface area contributed by atoms with Crippen molar-refractivity contribution in [3.05, 3.63) is 106 Å². The highest BCUT2D eigenvalue weighted by molar-refractivity contribution is 5.86. The molecule has 40 heavy (non-hydrogen) atoms. The normalized spacial score (nSPS) is 11.4. The Morgan fingerprint density at radius 2 is 1.00 bits per heavy atom. The lowest BCUT2D eigenvalue weighted by Crippen LogP contribution is -1.99. The molecule has 0 radical (unpaired) electrons. The maximum Gasteiger partial charge on any atom is 0.166 e. The van der Waals surface area contributed by atoms with E-state index in [1.807, 2.05) is 50.2 Å². The molecule has 0 amide bonds. The van der Waals surface area contributed by atoms with Gasteiger partial charge in [-0.1, -0.05) is 48.5 Å². The van der Waals surface area contributed by atoms with Crippen LogP contribution in [-0.2, 0) is 13.1 Å². The van der Waals surface area contributed by atoms with E-state index in [2.05, 4.69) is 48.1 Å². The fraction of sp³-hybridized carbons (Fsp3) is 0.235. The molecule has 0 unspecified atom stereocenters. The first-order valence-corrected chi connectivity index (χ1v) is 13.5.